The molecular weight excluding hydrogens is 481 g/mol. The number of aromatic amines is 1. The highest BCUT2D eigenvalue weighted by Crippen LogP contribution is 2.31. The summed E-state index contributed by atoms with van der Waals surface area (Å²) in [5.74, 6) is 0.288. The Bertz CT molecular complexity index is 1080. The molecule has 3 rings (SSSR count). The molecule has 190 valence electrons. The number of alkyl halides is 5. The number of aromatic nitrogens is 4. The number of H-pyrrole nitrogens is 1. The number of carbonyl (C=O) groups is 1. The lowest BCUT2D eigenvalue weighted by Gasteiger charge is -2.33. The summed E-state index contributed by atoms with van der Waals surface area (Å²) in [5.41, 5.74) is -3.48. The van der Waals surface area contributed by atoms with E-state index in [2.05, 4.69) is 20.4 Å². The van der Waals surface area contributed by atoms with Crippen LogP contribution in [0, 0.1) is 0 Å². The van der Waals surface area contributed by atoms with Crippen LogP contribution in [0.1, 0.15) is 24.5 Å². The van der Waals surface area contributed by atoms with Crippen molar-refractivity contribution in [3.05, 3.63) is 52.2 Å². The SMILES string of the molecule is C[C@@H](/C=C/COC(=O)N1CCN(c2ncc(C(F)F)cn2)CC1)Nc1cn[nH]c(=O)c1C(F)(F)F. The predicted molar refractivity (Wildman–Crippen MR) is 114 cm³/mol. The van der Waals surface area contributed by atoms with Crippen molar-refractivity contribution in [1.82, 2.24) is 25.1 Å². The van der Waals surface area contributed by atoms with Crippen LogP contribution in [0.4, 0.5) is 38.4 Å². The molecule has 1 aliphatic rings. The molecule has 0 spiro atoms. The lowest BCUT2D eigenvalue weighted by Crippen LogP contribution is -2.49. The van der Waals surface area contributed by atoms with Crippen LogP contribution in [0.25, 0.3) is 0 Å². The molecule has 3 heterocycles. The van der Waals surface area contributed by atoms with Crippen molar-refractivity contribution < 1.29 is 31.5 Å². The van der Waals surface area contributed by atoms with E-state index in [-0.39, 0.29) is 18.1 Å². The van der Waals surface area contributed by atoms with Gasteiger partial charge < -0.3 is 19.9 Å². The molecule has 35 heavy (non-hydrogen) atoms. The number of nitrogens with zero attached hydrogens (tertiary/aromatic N) is 5. The minimum Gasteiger partial charge on any atom is -0.445 e. The Morgan fingerprint density at radius 2 is 1.86 bits per heavy atom. The van der Waals surface area contributed by atoms with Crippen molar-refractivity contribution in [2.24, 2.45) is 0 Å². The topological polar surface area (TPSA) is 116 Å². The summed E-state index contributed by atoms with van der Waals surface area (Å²) < 4.78 is 69.6. The zero-order chi connectivity index (χ0) is 25.6. The van der Waals surface area contributed by atoms with E-state index in [9.17, 15) is 31.5 Å². The third-order valence-corrected chi connectivity index (χ3v) is 4.98. The largest absolute Gasteiger partial charge is 0.445 e. The van der Waals surface area contributed by atoms with E-state index in [0.29, 0.717) is 26.2 Å². The molecule has 1 amide bonds. The number of hydrogen-bond acceptors (Lipinski definition) is 8. The van der Waals surface area contributed by atoms with Crippen molar-refractivity contribution in [2.45, 2.75) is 25.6 Å². The Labute approximate surface area is 195 Å². The number of hydrogen-bond donors (Lipinski definition) is 2. The van der Waals surface area contributed by atoms with Gasteiger partial charge in [-0.2, -0.15) is 18.3 Å². The van der Waals surface area contributed by atoms with Crippen molar-refractivity contribution in [3.8, 4) is 0 Å². The van der Waals surface area contributed by atoms with E-state index in [1.807, 2.05) is 0 Å². The fourth-order valence-corrected chi connectivity index (χ4v) is 3.25. The molecule has 15 heteroatoms. The summed E-state index contributed by atoms with van der Waals surface area (Å²) in [5, 5.41) is 7.67. The first-order valence-electron chi connectivity index (χ1n) is 10.4. The number of ether oxygens (including phenoxy) is 1. The van der Waals surface area contributed by atoms with Crippen LogP contribution in [0.5, 0.6) is 0 Å². The molecule has 2 N–H and O–H groups in total. The average Bonchev–Trinajstić information content (AvgIpc) is 2.81. The minimum atomic E-state index is -4.86. The monoisotopic (exact) mass is 503 g/mol. The number of nitrogens with one attached hydrogen (secondary N) is 2. The first kappa shape index (κ1) is 25.8. The van der Waals surface area contributed by atoms with Gasteiger partial charge in [-0.1, -0.05) is 6.08 Å². The van der Waals surface area contributed by atoms with Crippen molar-refractivity contribution in [2.75, 3.05) is 43.0 Å². The summed E-state index contributed by atoms with van der Waals surface area (Å²) in [6, 6.07) is -0.626. The Hall–Kier alpha value is -3.78. The molecule has 0 aliphatic carbocycles. The van der Waals surface area contributed by atoms with Gasteiger partial charge in [-0.25, -0.2) is 28.6 Å². The molecular formula is C20H22F5N7O3. The second-order valence-electron chi connectivity index (χ2n) is 7.51. The molecule has 1 aliphatic heterocycles. The Morgan fingerprint density at radius 1 is 1.20 bits per heavy atom. The Balaban J connectivity index is 1.44. The molecule has 10 nitrogen and oxygen atoms in total. The molecule has 0 saturated carbocycles. The van der Waals surface area contributed by atoms with Crippen LogP contribution in [0.2, 0.25) is 0 Å². The lowest BCUT2D eigenvalue weighted by atomic mass is 10.2. The fraction of sp³-hybridized carbons (Fsp3) is 0.450. The molecule has 0 radical (unpaired) electrons. The van der Waals surface area contributed by atoms with Gasteiger partial charge in [0.1, 0.15) is 12.2 Å². The van der Waals surface area contributed by atoms with E-state index in [1.54, 1.807) is 16.9 Å². The van der Waals surface area contributed by atoms with Gasteiger partial charge in [-0.15, -0.1) is 0 Å². The number of carbonyl (C=O) groups excluding carboxylic acids is 1. The lowest BCUT2D eigenvalue weighted by molar-refractivity contribution is -0.138. The zero-order valence-corrected chi connectivity index (χ0v) is 18.4. The molecule has 1 fully saturated rings. The van der Waals surface area contributed by atoms with E-state index < -0.39 is 41.5 Å². The highest BCUT2D eigenvalue weighted by molar-refractivity contribution is 5.68. The van der Waals surface area contributed by atoms with Crippen LogP contribution in [0.15, 0.2) is 35.5 Å². The van der Waals surface area contributed by atoms with Gasteiger partial charge in [-0.3, -0.25) is 4.79 Å². The van der Waals surface area contributed by atoms with E-state index in [1.165, 1.54) is 17.1 Å². The van der Waals surface area contributed by atoms with Gasteiger partial charge in [0.2, 0.25) is 5.95 Å². The smallest absolute Gasteiger partial charge is 0.423 e. The standard InChI is InChI=1S/C20H22F5N7O3/c1-12(29-14-11-28-30-17(33)15(14)20(23,24)25)3-2-8-35-19(34)32-6-4-31(5-7-32)18-26-9-13(10-27-18)16(21)22/h2-3,9-12,16H,4-8H2,1H3,(H2,29,30,33)/b3-2+/t12-/m0/s1. The predicted octanol–water partition coefficient (Wildman–Crippen LogP) is 2.83. The molecule has 1 saturated heterocycles. The number of piperazine rings is 1. The summed E-state index contributed by atoms with van der Waals surface area (Å²) in [4.78, 5) is 34.8. The van der Waals surface area contributed by atoms with E-state index in [0.717, 1.165) is 18.6 Å². The number of rotatable bonds is 7. The first-order valence-corrected chi connectivity index (χ1v) is 10.4. The van der Waals surface area contributed by atoms with Crippen molar-refractivity contribution >= 4 is 17.7 Å². The first-order chi connectivity index (χ1) is 16.6. The molecule has 0 aromatic carbocycles. The average molecular weight is 503 g/mol. The number of halogens is 5. The van der Waals surface area contributed by atoms with Gasteiger partial charge in [0.25, 0.3) is 12.0 Å². The van der Waals surface area contributed by atoms with Crippen LogP contribution < -0.4 is 15.8 Å². The summed E-state index contributed by atoms with van der Waals surface area (Å²) in [6.45, 7) is 2.79. The second-order valence-corrected chi connectivity index (χ2v) is 7.51. The zero-order valence-electron chi connectivity index (χ0n) is 18.4. The van der Waals surface area contributed by atoms with E-state index in [4.69, 9.17) is 4.74 Å². The third-order valence-electron chi connectivity index (χ3n) is 4.98. The number of anilines is 2. The molecule has 0 bridgehead atoms. The highest BCUT2D eigenvalue weighted by Gasteiger charge is 2.37. The van der Waals surface area contributed by atoms with Crippen LogP contribution in [0.3, 0.4) is 0 Å². The second kappa shape index (κ2) is 11.1. The highest BCUT2D eigenvalue weighted by atomic mass is 19.4. The normalized spacial score (nSPS) is 15.5. The van der Waals surface area contributed by atoms with Gasteiger partial charge in [0.15, 0.2) is 0 Å². The minimum absolute atomic E-state index is 0.122. The van der Waals surface area contributed by atoms with Crippen molar-refractivity contribution in [1.29, 1.82) is 0 Å². The third kappa shape index (κ3) is 6.86. The van der Waals surface area contributed by atoms with E-state index >= 15 is 0 Å². The van der Waals surface area contributed by atoms with Crippen LogP contribution >= 0.6 is 0 Å². The summed E-state index contributed by atoms with van der Waals surface area (Å²) >= 11 is 0. The van der Waals surface area contributed by atoms with Gasteiger partial charge in [-0.05, 0) is 13.0 Å². The Kier molecular flexibility index (Phi) is 8.19. The molecule has 0 unspecified atom stereocenters. The summed E-state index contributed by atoms with van der Waals surface area (Å²) in [7, 11) is 0. The number of amides is 1. The van der Waals surface area contributed by atoms with Gasteiger partial charge in [0, 0.05) is 44.6 Å². The fourth-order valence-electron chi connectivity index (χ4n) is 3.25. The summed E-state index contributed by atoms with van der Waals surface area (Å²) in [6.07, 6.45) is -2.17. The molecule has 1 atom stereocenters. The van der Waals surface area contributed by atoms with Crippen molar-refractivity contribution in [3.63, 3.8) is 0 Å². The quantitative estimate of drug-likeness (QED) is 0.438. The maximum Gasteiger partial charge on any atom is 0.423 e. The Morgan fingerprint density at radius 3 is 2.46 bits per heavy atom. The van der Waals surface area contributed by atoms with Gasteiger partial charge in [0.05, 0.1) is 17.4 Å². The molecule has 2 aromatic heterocycles. The maximum atomic E-state index is 13.1. The molecule has 2 aromatic rings. The van der Waals surface area contributed by atoms with Crippen LogP contribution in [-0.2, 0) is 10.9 Å². The van der Waals surface area contributed by atoms with Crippen LogP contribution in [-0.4, -0.2) is 70.0 Å². The van der Waals surface area contributed by atoms with Gasteiger partial charge >= 0.3 is 12.3 Å². The maximum absolute atomic E-state index is 13.1.